The zero-order valence-electron chi connectivity index (χ0n) is 18.9. The van der Waals surface area contributed by atoms with Crippen molar-refractivity contribution in [3.63, 3.8) is 0 Å². The van der Waals surface area contributed by atoms with Crippen LogP contribution in [0.1, 0.15) is 45.2 Å². The largest absolute Gasteiger partial charge is 0.379 e. The molecule has 2 N–H and O–H groups in total. The summed E-state index contributed by atoms with van der Waals surface area (Å²) in [7, 11) is 1.85. The molecule has 1 heterocycles. The van der Waals surface area contributed by atoms with Crippen LogP contribution < -0.4 is 10.6 Å². The predicted molar refractivity (Wildman–Crippen MR) is 123 cm³/mol. The van der Waals surface area contributed by atoms with Gasteiger partial charge in [0.2, 0.25) is 0 Å². The Labute approximate surface area is 177 Å². The Morgan fingerprint density at radius 2 is 1.86 bits per heavy atom. The van der Waals surface area contributed by atoms with Gasteiger partial charge in [0.15, 0.2) is 5.96 Å². The molecule has 0 aliphatic carbocycles. The van der Waals surface area contributed by atoms with Crippen LogP contribution in [0.4, 0.5) is 0 Å². The number of hydrogen-bond acceptors (Lipinski definition) is 4. The molecule has 1 aliphatic heterocycles. The molecule has 0 spiro atoms. The van der Waals surface area contributed by atoms with E-state index in [0.717, 1.165) is 64.9 Å². The second-order valence-corrected chi connectivity index (χ2v) is 7.74. The molecule has 0 amide bonds. The molecule has 29 heavy (non-hydrogen) atoms. The normalized spacial score (nSPS) is 17.9. The Kier molecular flexibility index (Phi) is 11.1. The lowest BCUT2D eigenvalue weighted by Gasteiger charge is -2.35. The summed E-state index contributed by atoms with van der Waals surface area (Å²) in [5.41, 5.74) is 1.34. The highest BCUT2D eigenvalue weighted by atomic mass is 16.5. The minimum absolute atomic E-state index is 0.316. The third-order valence-corrected chi connectivity index (χ3v) is 5.75. The van der Waals surface area contributed by atoms with Gasteiger partial charge in [0, 0.05) is 32.7 Å². The fourth-order valence-electron chi connectivity index (χ4n) is 3.88. The fraction of sp³-hybridized carbons (Fsp3) is 0.696. The quantitative estimate of drug-likeness (QED) is 0.440. The Hall–Kier alpha value is -1.63. The van der Waals surface area contributed by atoms with E-state index in [2.05, 4.69) is 76.5 Å². The average Bonchev–Trinajstić information content (AvgIpc) is 2.77. The molecule has 1 aliphatic rings. The molecule has 1 aromatic carbocycles. The monoisotopic (exact) mass is 403 g/mol. The van der Waals surface area contributed by atoms with E-state index in [9.17, 15) is 0 Å². The lowest BCUT2D eigenvalue weighted by atomic mass is 10.0. The van der Waals surface area contributed by atoms with Crippen molar-refractivity contribution >= 4 is 5.96 Å². The van der Waals surface area contributed by atoms with Crippen LogP contribution in [0.5, 0.6) is 0 Å². The Balaban J connectivity index is 1.86. The standard InChI is InChI=1S/C23H41N5O/c1-5-27(6-2)14-10-11-20(3)26-23(24-4)25-19-22(21-12-8-7-9-13-21)28-15-17-29-18-16-28/h7-9,12-13,20,22H,5-6,10-11,14-19H2,1-4H3,(H2,24,25,26). The van der Waals surface area contributed by atoms with Crippen molar-refractivity contribution in [3.8, 4) is 0 Å². The summed E-state index contributed by atoms with van der Waals surface area (Å²) in [5, 5.41) is 7.13. The lowest BCUT2D eigenvalue weighted by Crippen LogP contribution is -2.48. The van der Waals surface area contributed by atoms with E-state index < -0.39 is 0 Å². The van der Waals surface area contributed by atoms with Gasteiger partial charge in [0.1, 0.15) is 0 Å². The highest BCUT2D eigenvalue weighted by Gasteiger charge is 2.22. The summed E-state index contributed by atoms with van der Waals surface area (Å²) in [6, 6.07) is 11.5. The van der Waals surface area contributed by atoms with Crippen LogP contribution in [0.3, 0.4) is 0 Å². The van der Waals surface area contributed by atoms with E-state index in [1.54, 1.807) is 0 Å². The van der Waals surface area contributed by atoms with Crippen molar-refractivity contribution in [2.45, 2.75) is 45.7 Å². The maximum atomic E-state index is 5.55. The van der Waals surface area contributed by atoms with Crippen molar-refractivity contribution in [2.75, 3.05) is 59.5 Å². The lowest BCUT2D eigenvalue weighted by molar-refractivity contribution is 0.0170. The second-order valence-electron chi connectivity index (χ2n) is 7.74. The maximum absolute atomic E-state index is 5.55. The third kappa shape index (κ3) is 8.33. The molecule has 164 valence electrons. The van der Waals surface area contributed by atoms with Gasteiger partial charge < -0.3 is 20.3 Å². The van der Waals surface area contributed by atoms with Gasteiger partial charge in [-0.2, -0.15) is 0 Å². The summed E-state index contributed by atoms with van der Waals surface area (Å²) in [5.74, 6) is 0.884. The second kappa shape index (κ2) is 13.6. The molecule has 2 rings (SSSR count). The van der Waals surface area contributed by atoms with Gasteiger partial charge in [-0.05, 0) is 45.0 Å². The molecule has 0 aromatic heterocycles. The number of hydrogen-bond donors (Lipinski definition) is 2. The molecular formula is C23H41N5O. The average molecular weight is 404 g/mol. The van der Waals surface area contributed by atoms with Crippen LogP contribution in [0, 0.1) is 0 Å². The van der Waals surface area contributed by atoms with Crippen molar-refractivity contribution in [1.29, 1.82) is 0 Å². The minimum atomic E-state index is 0.316. The maximum Gasteiger partial charge on any atom is 0.191 e. The van der Waals surface area contributed by atoms with Gasteiger partial charge in [-0.1, -0.05) is 44.2 Å². The number of nitrogens with one attached hydrogen (secondary N) is 2. The van der Waals surface area contributed by atoms with Crippen molar-refractivity contribution in [1.82, 2.24) is 20.4 Å². The van der Waals surface area contributed by atoms with Gasteiger partial charge in [0.05, 0.1) is 19.3 Å². The van der Waals surface area contributed by atoms with E-state index in [0.29, 0.717) is 12.1 Å². The van der Waals surface area contributed by atoms with Crippen LogP contribution >= 0.6 is 0 Å². The first-order valence-electron chi connectivity index (χ1n) is 11.2. The van der Waals surface area contributed by atoms with Crippen molar-refractivity contribution in [2.24, 2.45) is 4.99 Å². The predicted octanol–water partition coefficient (Wildman–Crippen LogP) is 2.74. The van der Waals surface area contributed by atoms with E-state index in [-0.39, 0.29) is 0 Å². The first-order chi connectivity index (χ1) is 14.2. The summed E-state index contributed by atoms with van der Waals surface area (Å²) < 4.78 is 5.55. The molecular weight excluding hydrogens is 362 g/mol. The molecule has 0 saturated carbocycles. The highest BCUT2D eigenvalue weighted by molar-refractivity contribution is 5.79. The smallest absolute Gasteiger partial charge is 0.191 e. The molecule has 6 heteroatoms. The molecule has 1 fully saturated rings. The molecule has 2 unspecified atom stereocenters. The SMILES string of the molecule is CCN(CC)CCCC(C)NC(=NC)NCC(c1ccccc1)N1CCOCC1. The Morgan fingerprint density at radius 1 is 1.17 bits per heavy atom. The van der Waals surface area contributed by atoms with Gasteiger partial charge >= 0.3 is 0 Å². The van der Waals surface area contributed by atoms with E-state index in [1.807, 2.05) is 7.05 Å². The molecule has 0 radical (unpaired) electrons. The number of guanidine groups is 1. The van der Waals surface area contributed by atoms with Gasteiger partial charge in [0.25, 0.3) is 0 Å². The number of morpholine rings is 1. The molecule has 1 aromatic rings. The summed E-state index contributed by atoms with van der Waals surface area (Å²) >= 11 is 0. The van der Waals surface area contributed by atoms with Crippen molar-refractivity contribution < 1.29 is 4.74 Å². The number of nitrogens with zero attached hydrogens (tertiary/aromatic N) is 3. The fourth-order valence-corrected chi connectivity index (χ4v) is 3.88. The van der Waals surface area contributed by atoms with Gasteiger partial charge in [-0.3, -0.25) is 9.89 Å². The number of benzene rings is 1. The molecule has 6 nitrogen and oxygen atoms in total. The van der Waals surface area contributed by atoms with Crippen molar-refractivity contribution in [3.05, 3.63) is 35.9 Å². The van der Waals surface area contributed by atoms with Crippen LogP contribution in [0.2, 0.25) is 0 Å². The zero-order chi connectivity index (χ0) is 20.9. The third-order valence-electron chi connectivity index (χ3n) is 5.75. The molecule has 2 atom stereocenters. The van der Waals surface area contributed by atoms with Gasteiger partial charge in [-0.15, -0.1) is 0 Å². The van der Waals surface area contributed by atoms with Crippen LogP contribution in [0.25, 0.3) is 0 Å². The van der Waals surface area contributed by atoms with Gasteiger partial charge in [-0.25, -0.2) is 0 Å². The van der Waals surface area contributed by atoms with E-state index in [1.165, 1.54) is 12.0 Å². The minimum Gasteiger partial charge on any atom is -0.379 e. The van der Waals surface area contributed by atoms with Crippen LogP contribution in [-0.4, -0.2) is 81.3 Å². The first kappa shape index (κ1) is 23.6. The first-order valence-corrected chi connectivity index (χ1v) is 11.2. The summed E-state index contributed by atoms with van der Waals surface area (Å²) in [6.45, 7) is 14.5. The number of aliphatic imine (C=N–C) groups is 1. The topological polar surface area (TPSA) is 52.1 Å². The zero-order valence-corrected chi connectivity index (χ0v) is 18.9. The highest BCUT2D eigenvalue weighted by Crippen LogP contribution is 2.21. The van der Waals surface area contributed by atoms with E-state index >= 15 is 0 Å². The molecule has 0 bridgehead atoms. The summed E-state index contributed by atoms with van der Waals surface area (Å²) in [4.78, 5) is 9.44. The molecule has 1 saturated heterocycles. The van der Waals surface area contributed by atoms with Crippen LogP contribution in [0.15, 0.2) is 35.3 Å². The number of rotatable bonds is 11. The Bertz CT molecular complexity index is 570. The number of ether oxygens (including phenoxy) is 1. The van der Waals surface area contributed by atoms with Crippen LogP contribution in [-0.2, 0) is 4.74 Å². The summed E-state index contributed by atoms with van der Waals surface area (Å²) in [6.07, 6.45) is 2.34. The van der Waals surface area contributed by atoms with E-state index in [4.69, 9.17) is 4.74 Å². The Morgan fingerprint density at radius 3 is 2.48 bits per heavy atom.